The molecule has 1 aliphatic rings. The van der Waals surface area contributed by atoms with E-state index < -0.39 is 19.8 Å². The molecule has 2 rings (SSSR count). The van der Waals surface area contributed by atoms with Gasteiger partial charge in [-0.25, -0.2) is 12.8 Å². The number of hydrogen-bond donors (Lipinski definition) is 0. The molecule has 1 fully saturated rings. The van der Waals surface area contributed by atoms with Crippen molar-refractivity contribution in [2.45, 2.75) is 43.5 Å². The van der Waals surface area contributed by atoms with Crippen molar-refractivity contribution in [1.29, 1.82) is 0 Å². The van der Waals surface area contributed by atoms with Gasteiger partial charge < -0.3 is 4.90 Å². The summed E-state index contributed by atoms with van der Waals surface area (Å²) in [6.45, 7) is 2.36. The van der Waals surface area contributed by atoms with Crippen LogP contribution in [0.2, 0.25) is 0 Å². The molecule has 0 N–H and O–H groups in total. The standard InChI is InChI=1S/C14H17ClFNO3S/c1-2-17(12-5-3-4-6-12)14(18)10-7-11(16)9-13(8-10)21(15,19)20/h7-9,12H,2-6H2,1H3. The van der Waals surface area contributed by atoms with Crippen LogP contribution in [0.4, 0.5) is 4.39 Å². The molecule has 21 heavy (non-hydrogen) atoms. The Morgan fingerprint density at radius 3 is 2.48 bits per heavy atom. The van der Waals surface area contributed by atoms with E-state index in [1.54, 1.807) is 4.90 Å². The maximum Gasteiger partial charge on any atom is 0.261 e. The number of carbonyl (C=O) groups is 1. The molecule has 0 bridgehead atoms. The van der Waals surface area contributed by atoms with Gasteiger partial charge >= 0.3 is 0 Å². The van der Waals surface area contributed by atoms with Crippen LogP contribution >= 0.6 is 10.7 Å². The number of carbonyl (C=O) groups excluding carboxylic acids is 1. The summed E-state index contributed by atoms with van der Waals surface area (Å²) in [6.07, 6.45) is 3.99. The van der Waals surface area contributed by atoms with Crippen LogP contribution in [0.1, 0.15) is 43.0 Å². The monoisotopic (exact) mass is 333 g/mol. The minimum Gasteiger partial charge on any atom is -0.336 e. The SMILES string of the molecule is CCN(C(=O)c1cc(F)cc(S(=O)(=O)Cl)c1)C1CCCC1. The zero-order valence-electron chi connectivity index (χ0n) is 11.7. The van der Waals surface area contributed by atoms with Gasteiger partial charge in [-0.1, -0.05) is 12.8 Å². The zero-order chi connectivity index (χ0) is 15.6. The average molecular weight is 334 g/mol. The molecule has 1 aromatic carbocycles. The van der Waals surface area contributed by atoms with E-state index in [-0.39, 0.29) is 17.5 Å². The van der Waals surface area contributed by atoms with E-state index in [4.69, 9.17) is 10.7 Å². The molecule has 116 valence electrons. The molecule has 1 saturated carbocycles. The summed E-state index contributed by atoms with van der Waals surface area (Å²) in [6, 6.07) is 3.13. The highest BCUT2D eigenvalue weighted by Gasteiger charge is 2.27. The fourth-order valence-electron chi connectivity index (χ4n) is 2.78. The topological polar surface area (TPSA) is 54.5 Å². The summed E-state index contributed by atoms with van der Waals surface area (Å²) in [4.78, 5) is 13.8. The third-order valence-corrected chi connectivity index (χ3v) is 5.10. The maximum atomic E-state index is 13.6. The van der Waals surface area contributed by atoms with Crippen LogP contribution in [0.15, 0.2) is 23.1 Å². The Morgan fingerprint density at radius 1 is 1.33 bits per heavy atom. The van der Waals surface area contributed by atoms with Gasteiger partial charge in [0.2, 0.25) is 0 Å². The molecule has 0 unspecified atom stereocenters. The van der Waals surface area contributed by atoms with Crippen molar-refractivity contribution in [1.82, 2.24) is 4.90 Å². The first-order valence-corrected chi connectivity index (χ1v) is 9.20. The van der Waals surface area contributed by atoms with E-state index in [1.165, 1.54) is 0 Å². The Labute approximate surface area is 128 Å². The van der Waals surface area contributed by atoms with E-state index in [0.29, 0.717) is 6.54 Å². The molecule has 0 radical (unpaired) electrons. The van der Waals surface area contributed by atoms with Crippen molar-refractivity contribution in [2.24, 2.45) is 0 Å². The minimum absolute atomic E-state index is 0.0166. The van der Waals surface area contributed by atoms with Crippen LogP contribution in [0, 0.1) is 5.82 Å². The molecule has 0 heterocycles. The van der Waals surface area contributed by atoms with Crippen LogP contribution in [0.3, 0.4) is 0 Å². The predicted molar refractivity (Wildman–Crippen MR) is 78.4 cm³/mol. The number of amides is 1. The predicted octanol–water partition coefficient (Wildman–Crippen LogP) is 3.16. The summed E-state index contributed by atoms with van der Waals surface area (Å²) >= 11 is 0. The van der Waals surface area contributed by atoms with Gasteiger partial charge in [-0.15, -0.1) is 0 Å². The van der Waals surface area contributed by atoms with Crippen LogP contribution < -0.4 is 0 Å². The molecule has 1 amide bonds. The zero-order valence-corrected chi connectivity index (χ0v) is 13.3. The lowest BCUT2D eigenvalue weighted by Gasteiger charge is -2.27. The first kappa shape index (κ1) is 16.2. The molecular weight excluding hydrogens is 317 g/mol. The third kappa shape index (κ3) is 3.74. The van der Waals surface area contributed by atoms with E-state index in [1.807, 2.05) is 6.92 Å². The normalized spacial score (nSPS) is 16.1. The van der Waals surface area contributed by atoms with Gasteiger partial charge in [-0.05, 0) is 38.0 Å². The lowest BCUT2D eigenvalue weighted by atomic mass is 10.1. The minimum atomic E-state index is -4.07. The second-order valence-corrected chi connectivity index (χ2v) is 7.71. The first-order chi connectivity index (χ1) is 9.82. The molecule has 0 aromatic heterocycles. The quantitative estimate of drug-likeness (QED) is 0.795. The van der Waals surface area contributed by atoms with Crippen LogP contribution in [-0.2, 0) is 9.05 Å². The summed E-state index contributed by atoms with van der Waals surface area (Å²) in [7, 11) is 1.16. The molecule has 0 atom stereocenters. The highest BCUT2D eigenvalue weighted by atomic mass is 35.7. The van der Waals surface area contributed by atoms with E-state index in [0.717, 1.165) is 43.9 Å². The van der Waals surface area contributed by atoms with E-state index in [2.05, 4.69) is 0 Å². The molecule has 1 aliphatic carbocycles. The first-order valence-electron chi connectivity index (χ1n) is 6.89. The molecule has 0 spiro atoms. The van der Waals surface area contributed by atoms with Gasteiger partial charge in [0.15, 0.2) is 0 Å². The van der Waals surface area contributed by atoms with E-state index in [9.17, 15) is 17.6 Å². The van der Waals surface area contributed by atoms with Crippen LogP contribution in [0.25, 0.3) is 0 Å². The number of nitrogens with zero attached hydrogens (tertiary/aromatic N) is 1. The van der Waals surface area contributed by atoms with Gasteiger partial charge in [0.1, 0.15) is 5.82 Å². The Morgan fingerprint density at radius 2 is 1.95 bits per heavy atom. The Bertz CT molecular complexity index is 642. The van der Waals surface area contributed by atoms with Gasteiger partial charge in [0, 0.05) is 28.8 Å². The summed E-state index contributed by atoms with van der Waals surface area (Å²) in [5, 5.41) is 0. The molecule has 4 nitrogen and oxygen atoms in total. The molecule has 7 heteroatoms. The van der Waals surface area contributed by atoms with Crippen molar-refractivity contribution in [3.05, 3.63) is 29.6 Å². The fourth-order valence-corrected chi connectivity index (χ4v) is 3.56. The van der Waals surface area contributed by atoms with Crippen LogP contribution in [0.5, 0.6) is 0 Å². The molecule has 0 aliphatic heterocycles. The van der Waals surface area contributed by atoms with Gasteiger partial charge in [-0.3, -0.25) is 4.79 Å². The summed E-state index contributed by atoms with van der Waals surface area (Å²) < 4.78 is 36.2. The fraction of sp³-hybridized carbons (Fsp3) is 0.500. The lowest BCUT2D eigenvalue weighted by molar-refractivity contribution is 0.0693. The smallest absolute Gasteiger partial charge is 0.261 e. The van der Waals surface area contributed by atoms with Gasteiger partial charge in [-0.2, -0.15) is 0 Å². The van der Waals surface area contributed by atoms with Crippen molar-refractivity contribution < 1.29 is 17.6 Å². The van der Waals surface area contributed by atoms with Gasteiger partial charge in [0.05, 0.1) is 4.90 Å². The Balaban J connectivity index is 2.35. The number of hydrogen-bond acceptors (Lipinski definition) is 3. The summed E-state index contributed by atoms with van der Waals surface area (Å²) in [5.41, 5.74) is 0.0166. The van der Waals surface area contributed by atoms with Crippen molar-refractivity contribution in [2.75, 3.05) is 6.54 Å². The number of halogens is 2. The molecule has 0 saturated heterocycles. The van der Waals surface area contributed by atoms with Crippen LogP contribution in [-0.4, -0.2) is 31.8 Å². The van der Waals surface area contributed by atoms with Crippen molar-refractivity contribution >= 4 is 25.6 Å². The van der Waals surface area contributed by atoms with Crippen molar-refractivity contribution in [3.63, 3.8) is 0 Å². The third-order valence-electron chi connectivity index (χ3n) is 3.77. The average Bonchev–Trinajstić information content (AvgIpc) is 2.91. The number of benzene rings is 1. The maximum absolute atomic E-state index is 13.6. The molecule has 1 aromatic rings. The second-order valence-electron chi connectivity index (χ2n) is 5.14. The van der Waals surface area contributed by atoms with E-state index >= 15 is 0 Å². The lowest BCUT2D eigenvalue weighted by Crippen LogP contribution is -2.38. The molecular formula is C14H17ClFNO3S. The highest BCUT2D eigenvalue weighted by Crippen LogP contribution is 2.26. The second kappa shape index (κ2) is 6.32. The van der Waals surface area contributed by atoms with Gasteiger partial charge in [0.25, 0.3) is 15.0 Å². The number of rotatable bonds is 4. The van der Waals surface area contributed by atoms with Crippen molar-refractivity contribution in [3.8, 4) is 0 Å². The Hall–Kier alpha value is -1.14. The largest absolute Gasteiger partial charge is 0.336 e. The Kier molecular flexibility index (Phi) is 4.88. The summed E-state index contributed by atoms with van der Waals surface area (Å²) in [5.74, 6) is -1.15. The highest BCUT2D eigenvalue weighted by molar-refractivity contribution is 8.13.